The van der Waals surface area contributed by atoms with Gasteiger partial charge in [-0.05, 0) is 37.1 Å². The van der Waals surface area contributed by atoms with Crippen molar-refractivity contribution in [1.82, 2.24) is 9.88 Å². The summed E-state index contributed by atoms with van der Waals surface area (Å²) in [7, 11) is 1.61. The van der Waals surface area contributed by atoms with E-state index >= 15 is 0 Å². The fraction of sp³-hybridized carbons (Fsp3) is 0.381. The molecule has 1 aliphatic rings. The first-order valence-corrected chi connectivity index (χ1v) is 9.41. The molecular weight excluding hydrogens is 358 g/mol. The van der Waals surface area contributed by atoms with Gasteiger partial charge in [-0.2, -0.15) is 0 Å². The van der Waals surface area contributed by atoms with Crippen molar-refractivity contribution >= 4 is 17.5 Å². The highest BCUT2D eigenvalue weighted by Crippen LogP contribution is 2.26. The van der Waals surface area contributed by atoms with E-state index in [0.717, 1.165) is 12.8 Å². The maximum absolute atomic E-state index is 12.8. The van der Waals surface area contributed by atoms with Gasteiger partial charge in [0.25, 0.3) is 0 Å². The number of rotatable bonds is 7. The number of ether oxygens (including phenoxy) is 2. The Balaban J connectivity index is 1.62. The monoisotopic (exact) mass is 383 g/mol. The molecule has 1 saturated heterocycles. The number of ketones is 1. The molecule has 0 unspecified atom stereocenters. The predicted molar refractivity (Wildman–Crippen MR) is 106 cm³/mol. The molecule has 7 heteroatoms. The number of piperidine rings is 1. The lowest BCUT2D eigenvalue weighted by Gasteiger charge is -2.32. The maximum atomic E-state index is 12.8. The van der Waals surface area contributed by atoms with Gasteiger partial charge in [-0.3, -0.25) is 9.78 Å². The van der Waals surface area contributed by atoms with Crippen molar-refractivity contribution in [3.05, 3.63) is 54.4 Å². The number of methoxy groups -OCH3 is 1. The quantitative estimate of drug-likeness (QED) is 0.586. The molecule has 0 saturated carbocycles. The molecule has 1 aliphatic heterocycles. The number of carbonyl (C=O) groups excluding carboxylic acids is 2. The van der Waals surface area contributed by atoms with E-state index in [9.17, 15) is 9.59 Å². The van der Waals surface area contributed by atoms with Crippen LogP contribution in [0, 0.1) is 5.92 Å². The summed E-state index contributed by atoms with van der Waals surface area (Å²) in [5.74, 6) is 0.343. The number of likely N-dealkylation sites (tertiary alicyclic amines) is 1. The Bertz CT molecular complexity index is 797. The van der Waals surface area contributed by atoms with Crippen LogP contribution in [0.1, 0.15) is 23.3 Å². The molecular formula is C21H25N3O4. The van der Waals surface area contributed by atoms with E-state index in [0.29, 0.717) is 43.4 Å². The lowest BCUT2D eigenvalue weighted by atomic mass is 9.92. The molecule has 0 radical (unpaired) electrons. The third-order valence-electron chi connectivity index (χ3n) is 4.67. The van der Waals surface area contributed by atoms with Gasteiger partial charge >= 0.3 is 6.03 Å². The van der Waals surface area contributed by atoms with Crippen LogP contribution < -0.4 is 10.1 Å². The van der Waals surface area contributed by atoms with Gasteiger partial charge in [0.1, 0.15) is 18.1 Å². The molecule has 7 nitrogen and oxygen atoms in total. The van der Waals surface area contributed by atoms with Crippen LogP contribution in [-0.2, 0) is 4.74 Å². The van der Waals surface area contributed by atoms with Crippen LogP contribution in [0.15, 0.2) is 48.7 Å². The minimum atomic E-state index is -0.235. The zero-order valence-corrected chi connectivity index (χ0v) is 16.0. The fourth-order valence-electron chi connectivity index (χ4n) is 3.22. The summed E-state index contributed by atoms with van der Waals surface area (Å²) in [6, 6.07) is 12.3. The van der Waals surface area contributed by atoms with Crippen LogP contribution in [0.25, 0.3) is 0 Å². The lowest BCUT2D eigenvalue weighted by molar-refractivity contribution is 0.0846. The van der Waals surface area contributed by atoms with Gasteiger partial charge in [-0.15, -0.1) is 0 Å². The second-order valence-corrected chi connectivity index (χ2v) is 6.63. The van der Waals surface area contributed by atoms with Crippen molar-refractivity contribution in [2.75, 3.05) is 38.7 Å². The van der Waals surface area contributed by atoms with Crippen molar-refractivity contribution in [3.8, 4) is 5.75 Å². The number of hydrogen-bond acceptors (Lipinski definition) is 5. The second kappa shape index (κ2) is 9.85. The number of anilines is 1. The number of Topliss-reactive ketones (excluding diaryl/α,β-unsaturated/α-hetero) is 1. The van der Waals surface area contributed by atoms with Gasteiger partial charge in [0.05, 0.1) is 12.3 Å². The van der Waals surface area contributed by atoms with E-state index in [1.54, 1.807) is 48.5 Å². The topological polar surface area (TPSA) is 80.8 Å². The van der Waals surface area contributed by atoms with Crippen LogP contribution in [0.4, 0.5) is 10.5 Å². The maximum Gasteiger partial charge on any atom is 0.321 e. The highest BCUT2D eigenvalue weighted by atomic mass is 16.5. The van der Waals surface area contributed by atoms with Gasteiger partial charge in [0.2, 0.25) is 0 Å². The standard InChI is InChI=1S/C21H25N3O4/c1-27-13-14-28-19-10-3-2-8-17(19)23-21(26)24-12-6-7-16(15-24)20(25)18-9-4-5-11-22-18/h2-5,8-11,16H,6-7,12-15H2,1H3,(H,23,26)/t16-/m0/s1. The molecule has 1 N–H and O–H groups in total. The first kappa shape index (κ1) is 19.8. The van der Waals surface area contributed by atoms with E-state index in [1.807, 2.05) is 12.1 Å². The molecule has 1 aromatic carbocycles. The minimum absolute atomic E-state index is 0.0126. The summed E-state index contributed by atoms with van der Waals surface area (Å²) in [5, 5.41) is 2.90. The van der Waals surface area contributed by atoms with Crippen LogP contribution in [0.3, 0.4) is 0 Å². The first-order valence-electron chi connectivity index (χ1n) is 9.41. The SMILES string of the molecule is COCCOc1ccccc1NC(=O)N1CCC[C@H](C(=O)c2ccccn2)C1. The smallest absolute Gasteiger partial charge is 0.321 e. The number of hydrogen-bond donors (Lipinski definition) is 1. The van der Waals surface area contributed by atoms with E-state index in [-0.39, 0.29) is 17.7 Å². The normalized spacial score (nSPS) is 16.5. The molecule has 2 amide bonds. The number of para-hydroxylation sites is 2. The number of nitrogens with one attached hydrogen (secondary N) is 1. The Morgan fingerprint density at radius 2 is 2.00 bits per heavy atom. The number of benzene rings is 1. The van der Waals surface area contributed by atoms with Gasteiger partial charge in [0.15, 0.2) is 5.78 Å². The Hall–Kier alpha value is -2.93. The highest BCUT2D eigenvalue weighted by Gasteiger charge is 2.29. The minimum Gasteiger partial charge on any atom is -0.489 e. The molecule has 28 heavy (non-hydrogen) atoms. The first-order chi connectivity index (χ1) is 13.7. The molecule has 1 atom stereocenters. The lowest BCUT2D eigenvalue weighted by Crippen LogP contribution is -2.44. The molecule has 148 valence electrons. The zero-order chi connectivity index (χ0) is 19.8. The molecule has 1 aromatic heterocycles. The number of pyridine rings is 1. The molecule has 2 heterocycles. The van der Waals surface area contributed by atoms with E-state index in [2.05, 4.69) is 10.3 Å². The van der Waals surface area contributed by atoms with Crippen LogP contribution in [-0.4, -0.2) is 55.1 Å². The average molecular weight is 383 g/mol. The Labute approximate surface area is 164 Å². The summed E-state index contributed by atoms with van der Waals surface area (Å²) in [4.78, 5) is 31.3. The number of carbonyl (C=O) groups is 2. The number of amides is 2. The van der Waals surface area contributed by atoms with Crippen LogP contribution in [0.5, 0.6) is 5.75 Å². The molecule has 0 spiro atoms. The van der Waals surface area contributed by atoms with E-state index in [4.69, 9.17) is 9.47 Å². The summed E-state index contributed by atoms with van der Waals surface area (Å²) in [5.41, 5.74) is 1.05. The van der Waals surface area contributed by atoms with Gasteiger partial charge in [-0.25, -0.2) is 4.79 Å². The third-order valence-corrected chi connectivity index (χ3v) is 4.67. The van der Waals surface area contributed by atoms with Crippen molar-refractivity contribution in [2.45, 2.75) is 12.8 Å². The fourth-order valence-corrected chi connectivity index (χ4v) is 3.22. The molecule has 2 aromatic rings. The zero-order valence-electron chi connectivity index (χ0n) is 16.0. The number of aromatic nitrogens is 1. The van der Waals surface area contributed by atoms with Crippen LogP contribution in [0.2, 0.25) is 0 Å². The van der Waals surface area contributed by atoms with Gasteiger partial charge < -0.3 is 19.7 Å². The van der Waals surface area contributed by atoms with E-state index in [1.165, 1.54) is 0 Å². The van der Waals surface area contributed by atoms with Crippen molar-refractivity contribution in [2.24, 2.45) is 5.92 Å². The summed E-state index contributed by atoms with van der Waals surface area (Å²) in [6.45, 7) is 1.86. The molecule has 0 aliphatic carbocycles. The summed E-state index contributed by atoms with van der Waals surface area (Å²) < 4.78 is 10.7. The summed E-state index contributed by atoms with van der Waals surface area (Å²) in [6.07, 6.45) is 3.15. The molecule has 1 fully saturated rings. The number of urea groups is 1. The number of nitrogens with zero attached hydrogens (tertiary/aromatic N) is 2. The van der Waals surface area contributed by atoms with Crippen molar-refractivity contribution in [3.63, 3.8) is 0 Å². The summed E-state index contributed by atoms with van der Waals surface area (Å²) >= 11 is 0. The molecule has 3 rings (SSSR count). The predicted octanol–water partition coefficient (Wildman–Crippen LogP) is 3.23. The van der Waals surface area contributed by atoms with Crippen molar-refractivity contribution < 1.29 is 19.1 Å². The van der Waals surface area contributed by atoms with Crippen molar-refractivity contribution in [1.29, 1.82) is 0 Å². The Kier molecular flexibility index (Phi) is 6.97. The van der Waals surface area contributed by atoms with Crippen LogP contribution >= 0.6 is 0 Å². The van der Waals surface area contributed by atoms with Gasteiger partial charge in [0, 0.05) is 32.3 Å². The highest BCUT2D eigenvalue weighted by molar-refractivity contribution is 5.97. The van der Waals surface area contributed by atoms with Gasteiger partial charge in [-0.1, -0.05) is 18.2 Å². The molecule has 0 bridgehead atoms. The average Bonchev–Trinajstić information content (AvgIpc) is 2.75. The Morgan fingerprint density at radius 3 is 2.79 bits per heavy atom. The Morgan fingerprint density at radius 1 is 1.18 bits per heavy atom. The second-order valence-electron chi connectivity index (χ2n) is 6.63. The van der Waals surface area contributed by atoms with E-state index < -0.39 is 0 Å². The largest absolute Gasteiger partial charge is 0.489 e. The third kappa shape index (κ3) is 5.07.